The lowest BCUT2D eigenvalue weighted by Crippen LogP contribution is -2.35. The molecule has 0 bridgehead atoms. The first kappa shape index (κ1) is 17.5. The minimum atomic E-state index is 0.304. The first-order valence-corrected chi connectivity index (χ1v) is 9.54. The van der Waals surface area contributed by atoms with Crippen molar-refractivity contribution in [3.05, 3.63) is 77.0 Å². The van der Waals surface area contributed by atoms with Gasteiger partial charge in [-0.2, -0.15) is 4.98 Å². The molecule has 0 saturated carbocycles. The molecule has 0 aliphatic carbocycles. The van der Waals surface area contributed by atoms with E-state index in [1.807, 2.05) is 25.2 Å². The fourth-order valence-electron chi connectivity index (χ4n) is 3.86. The number of para-hydroxylation sites is 1. The summed E-state index contributed by atoms with van der Waals surface area (Å²) in [4.78, 5) is 14.2. The van der Waals surface area contributed by atoms with Gasteiger partial charge >= 0.3 is 0 Å². The summed E-state index contributed by atoms with van der Waals surface area (Å²) < 4.78 is 0. The van der Waals surface area contributed by atoms with Crippen molar-refractivity contribution in [2.75, 3.05) is 23.4 Å². The number of hydrogen-bond donors (Lipinski definition) is 0. The molecule has 0 N–H and O–H groups in total. The van der Waals surface area contributed by atoms with Gasteiger partial charge in [-0.3, -0.25) is 0 Å². The molecule has 27 heavy (non-hydrogen) atoms. The number of fused-ring (bicyclic) bond motifs is 1. The Morgan fingerprint density at radius 2 is 1.67 bits per heavy atom. The molecule has 1 aliphatic rings. The van der Waals surface area contributed by atoms with Gasteiger partial charge < -0.3 is 9.80 Å². The van der Waals surface area contributed by atoms with Gasteiger partial charge in [0.1, 0.15) is 5.82 Å². The molecule has 1 aromatic heterocycles. The molecule has 0 saturated heterocycles. The minimum absolute atomic E-state index is 0.304. The lowest BCUT2D eigenvalue weighted by Gasteiger charge is -2.37. The van der Waals surface area contributed by atoms with Gasteiger partial charge in [0, 0.05) is 30.5 Å². The summed E-state index contributed by atoms with van der Waals surface area (Å²) in [6.07, 6.45) is 1.05. The Morgan fingerprint density at radius 1 is 0.963 bits per heavy atom. The zero-order valence-corrected chi connectivity index (χ0v) is 16.5. The van der Waals surface area contributed by atoms with Crippen molar-refractivity contribution in [2.24, 2.45) is 0 Å². The SMILES string of the molecule is Cc1nc(N(C)c2ccccc2)nc(N2CCc3ccccc3C2C)c1C. The third-order valence-corrected chi connectivity index (χ3v) is 5.66. The van der Waals surface area contributed by atoms with Gasteiger partial charge in [0.15, 0.2) is 0 Å². The predicted octanol–water partition coefficient (Wildman–Crippen LogP) is 4.99. The number of benzene rings is 2. The second kappa shape index (κ2) is 7.03. The average molecular weight is 358 g/mol. The number of aromatic nitrogens is 2. The number of nitrogens with zero attached hydrogens (tertiary/aromatic N) is 4. The maximum Gasteiger partial charge on any atom is 0.231 e. The number of anilines is 3. The van der Waals surface area contributed by atoms with E-state index in [1.54, 1.807) is 0 Å². The monoisotopic (exact) mass is 358 g/mol. The van der Waals surface area contributed by atoms with E-state index in [1.165, 1.54) is 11.1 Å². The van der Waals surface area contributed by atoms with Crippen LogP contribution in [0.1, 0.15) is 35.3 Å². The second-order valence-corrected chi connectivity index (χ2v) is 7.27. The van der Waals surface area contributed by atoms with E-state index in [-0.39, 0.29) is 0 Å². The molecule has 0 amide bonds. The third kappa shape index (κ3) is 3.16. The van der Waals surface area contributed by atoms with E-state index < -0.39 is 0 Å². The van der Waals surface area contributed by atoms with Crippen LogP contribution in [0.5, 0.6) is 0 Å². The molecule has 1 aliphatic heterocycles. The minimum Gasteiger partial charge on any atom is -0.349 e. The first-order chi connectivity index (χ1) is 13.1. The van der Waals surface area contributed by atoms with Crippen LogP contribution in [-0.4, -0.2) is 23.6 Å². The van der Waals surface area contributed by atoms with Crippen molar-refractivity contribution < 1.29 is 0 Å². The van der Waals surface area contributed by atoms with Gasteiger partial charge in [-0.05, 0) is 50.5 Å². The highest BCUT2D eigenvalue weighted by Crippen LogP contribution is 2.35. The standard InChI is InChI=1S/C23H26N4/c1-16-17(2)24-23(26(4)20-11-6-5-7-12-20)25-22(16)27-15-14-19-10-8-9-13-21(19)18(27)3/h5-13,18H,14-15H2,1-4H3. The van der Waals surface area contributed by atoms with Gasteiger partial charge in [0.05, 0.1) is 6.04 Å². The first-order valence-electron chi connectivity index (χ1n) is 9.54. The number of rotatable bonds is 3. The Labute approximate surface area is 161 Å². The van der Waals surface area contributed by atoms with E-state index in [2.05, 4.69) is 67.0 Å². The average Bonchev–Trinajstić information content (AvgIpc) is 2.71. The van der Waals surface area contributed by atoms with Crippen molar-refractivity contribution in [3.63, 3.8) is 0 Å². The Bertz CT molecular complexity index is 952. The zero-order valence-electron chi connectivity index (χ0n) is 16.5. The summed E-state index contributed by atoms with van der Waals surface area (Å²) in [5, 5.41) is 0. The summed E-state index contributed by atoms with van der Waals surface area (Å²) in [5.74, 6) is 1.78. The van der Waals surface area contributed by atoms with Crippen molar-refractivity contribution in [1.82, 2.24) is 9.97 Å². The molecule has 2 heterocycles. The fourth-order valence-corrected chi connectivity index (χ4v) is 3.86. The van der Waals surface area contributed by atoms with Gasteiger partial charge in [-0.1, -0.05) is 42.5 Å². The van der Waals surface area contributed by atoms with Gasteiger partial charge in [0.2, 0.25) is 5.95 Å². The molecule has 0 radical (unpaired) electrons. The Balaban J connectivity index is 1.74. The number of aryl methyl sites for hydroxylation is 1. The highest BCUT2D eigenvalue weighted by molar-refractivity contribution is 5.61. The van der Waals surface area contributed by atoms with Gasteiger partial charge in [-0.25, -0.2) is 4.98 Å². The zero-order chi connectivity index (χ0) is 19.0. The molecule has 1 atom stereocenters. The molecule has 0 spiro atoms. The Morgan fingerprint density at radius 3 is 2.44 bits per heavy atom. The van der Waals surface area contributed by atoms with Crippen LogP contribution >= 0.6 is 0 Å². The number of hydrogen-bond acceptors (Lipinski definition) is 4. The van der Waals surface area contributed by atoms with Crippen molar-refractivity contribution in [2.45, 2.75) is 33.2 Å². The van der Waals surface area contributed by atoms with E-state index in [9.17, 15) is 0 Å². The molecule has 2 aromatic carbocycles. The molecule has 138 valence electrons. The molecular weight excluding hydrogens is 332 g/mol. The molecule has 4 rings (SSSR count). The molecule has 4 heteroatoms. The maximum atomic E-state index is 5.00. The summed E-state index contributed by atoms with van der Waals surface area (Å²) in [6.45, 7) is 7.45. The smallest absolute Gasteiger partial charge is 0.231 e. The fraction of sp³-hybridized carbons (Fsp3) is 0.304. The molecule has 0 fully saturated rings. The van der Waals surface area contributed by atoms with Crippen molar-refractivity contribution >= 4 is 17.5 Å². The summed E-state index contributed by atoms with van der Waals surface area (Å²) >= 11 is 0. The third-order valence-electron chi connectivity index (χ3n) is 5.66. The van der Waals surface area contributed by atoms with Crippen LogP contribution < -0.4 is 9.80 Å². The van der Waals surface area contributed by atoms with Gasteiger partial charge in [-0.15, -0.1) is 0 Å². The van der Waals surface area contributed by atoms with Crippen molar-refractivity contribution in [3.8, 4) is 0 Å². The lowest BCUT2D eigenvalue weighted by molar-refractivity contribution is 0.614. The van der Waals surface area contributed by atoms with Crippen LogP contribution in [0.15, 0.2) is 54.6 Å². The van der Waals surface area contributed by atoms with Crippen LogP contribution in [0.4, 0.5) is 17.5 Å². The quantitative estimate of drug-likeness (QED) is 0.660. The van der Waals surface area contributed by atoms with E-state index in [0.29, 0.717) is 6.04 Å². The Kier molecular flexibility index (Phi) is 4.56. The Hall–Kier alpha value is -2.88. The second-order valence-electron chi connectivity index (χ2n) is 7.27. The van der Waals surface area contributed by atoms with Crippen LogP contribution in [0, 0.1) is 13.8 Å². The molecule has 1 unspecified atom stereocenters. The summed E-state index contributed by atoms with van der Waals surface area (Å²) in [6, 6.07) is 19.3. The molecule has 3 aromatic rings. The normalized spacial score (nSPS) is 16.1. The maximum absolute atomic E-state index is 5.00. The lowest BCUT2D eigenvalue weighted by atomic mass is 9.93. The largest absolute Gasteiger partial charge is 0.349 e. The van der Waals surface area contributed by atoms with E-state index in [0.717, 1.165) is 41.7 Å². The van der Waals surface area contributed by atoms with E-state index >= 15 is 0 Å². The van der Waals surface area contributed by atoms with Crippen LogP contribution in [0.25, 0.3) is 0 Å². The van der Waals surface area contributed by atoms with E-state index in [4.69, 9.17) is 9.97 Å². The molecule has 4 nitrogen and oxygen atoms in total. The van der Waals surface area contributed by atoms with Crippen molar-refractivity contribution in [1.29, 1.82) is 0 Å². The van der Waals surface area contributed by atoms with Crippen LogP contribution in [0.3, 0.4) is 0 Å². The summed E-state index contributed by atoms with van der Waals surface area (Å²) in [5.41, 5.74) is 6.13. The highest BCUT2D eigenvalue weighted by Gasteiger charge is 2.27. The highest BCUT2D eigenvalue weighted by atomic mass is 15.3. The van der Waals surface area contributed by atoms with Gasteiger partial charge in [0.25, 0.3) is 0 Å². The molecular formula is C23H26N4. The topological polar surface area (TPSA) is 32.3 Å². The van der Waals surface area contributed by atoms with Crippen LogP contribution in [-0.2, 0) is 6.42 Å². The predicted molar refractivity (Wildman–Crippen MR) is 112 cm³/mol. The van der Waals surface area contributed by atoms with Crippen LogP contribution in [0.2, 0.25) is 0 Å². The summed E-state index contributed by atoms with van der Waals surface area (Å²) in [7, 11) is 2.03.